The van der Waals surface area contributed by atoms with Gasteiger partial charge in [0.25, 0.3) is 0 Å². The number of benzene rings is 7. The van der Waals surface area contributed by atoms with Crippen molar-refractivity contribution in [1.29, 1.82) is 0 Å². The van der Waals surface area contributed by atoms with Gasteiger partial charge in [0.05, 0.1) is 5.69 Å². The molecule has 0 saturated carbocycles. The van der Waals surface area contributed by atoms with Gasteiger partial charge < -0.3 is 9.32 Å². The van der Waals surface area contributed by atoms with Crippen LogP contribution in [0.1, 0.15) is 0 Å². The Balaban J connectivity index is 1.33. The lowest BCUT2D eigenvalue weighted by atomic mass is 10.0. The van der Waals surface area contributed by atoms with E-state index in [2.05, 4.69) is 144 Å². The number of anilines is 3. The van der Waals surface area contributed by atoms with Crippen molar-refractivity contribution in [1.82, 2.24) is 0 Å². The molecule has 202 valence electrons. The quantitative estimate of drug-likeness (QED) is 0.210. The van der Waals surface area contributed by atoms with E-state index < -0.39 is 0 Å². The maximum atomic E-state index is 6.37. The summed E-state index contributed by atoms with van der Waals surface area (Å²) >= 11 is 1.87. The van der Waals surface area contributed by atoms with Crippen LogP contribution in [0.15, 0.2) is 156 Å². The van der Waals surface area contributed by atoms with Gasteiger partial charge in [-0.2, -0.15) is 0 Å². The first-order valence-electron chi connectivity index (χ1n) is 14.5. The summed E-state index contributed by atoms with van der Waals surface area (Å²) in [4.78, 5) is 2.39. The summed E-state index contributed by atoms with van der Waals surface area (Å²) in [5.74, 6) is 0. The molecule has 3 heteroatoms. The smallest absolute Gasteiger partial charge is 0.137 e. The number of fused-ring (bicyclic) bond motifs is 8. The van der Waals surface area contributed by atoms with Crippen LogP contribution in [0.2, 0.25) is 0 Å². The molecule has 9 rings (SSSR count). The lowest BCUT2D eigenvalue weighted by Gasteiger charge is -2.27. The Morgan fingerprint density at radius 2 is 1.19 bits per heavy atom. The van der Waals surface area contributed by atoms with Crippen molar-refractivity contribution in [3.8, 4) is 11.1 Å². The van der Waals surface area contributed by atoms with Crippen LogP contribution in [-0.4, -0.2) is 0 Å². The highest BCUT2D eigenvalue weighted by Gasteiger charge is 2.21. The Hall–Kier alpha value is -5.38. The molecule has 7 aromatic carbocycles. The summed E-state index contributed by atoms with van der Waals surface area (Å²) in [5.41, 5.74) is 7.49. The Morgan fingerprint density at radius 3 is 2.12 bits per heavy atom. The summed E-state index contributed by atoms with van der Waals surface area (Å²) in [6.45, 7) is 0. The molecule has 0 fully saturated rings. The maximum Gasteiger partial charge on any atom is 0.137 e. The van der Waals surface area contributed by atoms with Crippen LogP contribution in [0.5, 0.6) is 0 Å². The molecule has 9 aromatic rings. The Labute approximate surface area is 252 Å². The number of hydrogen-bond donors (Lipinski definition) is 0. The van der Waals surface area contributed by atoms with Crippen LogP contribution < -0.4 is 4.90 Å². The fourth-order valence-electron chi connectivity index (χ4n) is 6.46. The van der Waals surface area contributed by atoms with Crippen molar-refractivity contribution in [2.24, 2.45) is 0 Å². The molecule has 0 unspecified atom stereocenters. The first kappa shape index (κ1) is 24.2. The van der Waals surface area contributed by atoms with Crippen LogP contribution in [0.3, 0.4) is 0 Å². The first-order chi connectivity index (χ1) is 21.3. The second-order valence-corrected chi connectivity index (χ2v) is 12.0. The molecule has 0 spiro atoms. The Kier molecular flexibility index (Phi) is 5.40. The van der Waals surface area contributed by atoms with E-state index >= 15 is 0 Å². The second-order valence-electron chi connectivity index (χ2n) is 10.9. The highest BCUT2D eigenvalue weighted by molar-refractivity contribution is 7.26. The Bertz CT molecular complexity index is 2470. The molecule has 0 atom stereocenters. The first-order valence-corrected chi connectivity index (χ1v) is 15.3. The van der Waals surface area contributed by atoms with Crippen LogP contribution >= 0.6 is 11.3 Å². The van der Waals surface area contributed by atoms with Gasteiger partial charge in [0.1, 0.15) is 11.2 Å². The molecular weight excluding hydrogens is 543 g/mol. The summed E-state index contributed by atoms with van der Waals surface area (Å²) in [7, 11) is 0. The third kappa shape index (κ3) is 3.86. The lowest BCUT2D eigenvalue weighted by molar-refractivity contribution is 0.669. The minimum absolute atomic E-state index is 0.885. The van der Waals surface area contributed by atoms with Crippen LogP contribution in [-0.2, 0) is 0 Å². The molecule has 2 nitrogen and oxygen atoms in total. The van der Waals surface area contributed by atoms with Gasteiger partial charge in [0.15, 0.2) is 0 Å². The van der Waals surface area contributed by atoms with E-state index in [1.54, 1.807) is 0 Å². The number of furan rings is 1. The summed E-state index contributed by atoms with van der Waals surface area (Å²) in [6.07, 6.45) is 0. The maximum absolute atomic E-state index is 6.37. The summed E-state index contributed by atoms with van der Waals surface area (Å²) in [6, 6.07) is 54.2. The third-order valence-electron chi connectivity index (χ3n) is 8.44. The molecule has 43 heavy (non-hydrogen) atoms. The minimum Gasteiger partial charge on any atom is -0.456 e. The van der Waals surface area contributed by atoms with Crippen molar-refractivity contribution < 1.29 is 4.42 Å². The molecule has 0 aliphatic heterocycles. The molecule has 0 aliphatic carbocycles. The largest absolute Gasteiger partial charge is 0.456 e. The lowest BCUT2D eigenvalue weighted by Crippen LogP contribution is -2.10. The van der Waals surface area contributed by atoms with Crippen molar-refractivity contribution >= 4 is 81.3 Å². The monoisotopic (exact) mass is 567 g/mol. The van der Waals surface area contributed by atoms with Gasteiger partial charge in [0.2, 0.25) is 0 Å². The van der Waals surface area contributed by atoms with E-state index in [-0.39, 0.29) is 0 Å². The van der Waals surface area contributed by atoms with Crippen LogP contribution in [0.25, 0.3) is 64.0 Å². The van der Waals surface area contributed by atoms with E-state index in [9.17, 15) is 0 Å². The highest BCUT2D eigenvalue weighted by atomic mass is 32.1. The summed E-state index contributed by atoms with van der Waals surface area (Å²) in [5, 5.41) is 7.38. The third-order valence-corrected chi connectivity index (χ3v) is 9.64. The van der Waals surface area contributed by atoms with E-state index in [1.165, 1.54) is 42.1 Å². The molecule has 2 aromatic heterocycles. The molecule has 0 N–H and O–H groups in total. The van der Waals surface area contributed by atoms with E-state index in [0.29, 0.717) is 0 Å². The zero-order valence-corrected chi connectivity index (χ0v) is 24.0. The fourth-order valence-corrected chi connectivity index (χ4v) is 7.72. The SMILES string of the molecule is c1ccc(-c2cccc(N(c3ccc4c(c3)oc3ccccc34)c3cccc4sc5c6ccccc6ccc5c34)c2)cc1. The predicted octanol–water partition coefficient (Wildman–Crippen LogP) is 12.2. The molecule has 0 radical (unpaired) electrons. The fraction of sp³-hybridized carbons (Fsp3) is 0. The van der Waals surface area contributed by atoms with E-state index in [4.69, 9.17) is 4.42 Å². The number of para-hydroxylation sites is 1. The van der Waals surface area contributed by atoms with E-state index in [1.807, 2.05) is 23.5 Å². The number of nitrogens with zero attached hydrogens (tertiary/aromatic N) is 1. The minimum atomic E-state index is 0.885. The van der Waals surface area contributed by atoms with Crippen LogP contribution in [0.4, 0.5) is 17.1 Å². The molecule has 0 saturated heterocycles. The zero-order chi connectivity index (χ0) is 28.3. The highest BCUT2D eigenvalue weighted by Crippen LogP contribution is 2.47. The normalized spacial score (nSPS) is 11.7. The molecule has 2 heterocycles. The van der Waals surface area contributed by atoms with Crippen molar-refractivity contribution in [3.63, 3.8) is 0 Å². The standard InChI is InChI=1S/C40H25NOS/c1-2-10-26(11-3-1)28-13-8-14-29(24-28)41(30-21-23-33-32-16-6-7-18-36(32)42-37(33)25-30)35-17-9-19-38-39(35)34-22-20-27-12-4-5-15-31(27)40(34)43-38/h1-25H. The number of hydrogen-bond acceptors (Lipinski definition) is 3. The number of thiophene rings is 1. The Morgan fingerprint density at radius 1 is 0.465 bits per heavy atom. The van der Waals surface area contributed by atoms with Gasteiger partial charge >= 0.3 is 0 Å². The average molecular weight is 568 g/mol. The van der Waals surface area contributed by atoms with Crippen molar-refractivity contribution in [2.45, 2.75) is 0 Å². The van der Waals surface area contributed by atoms with Gasteiger partial charge in [0, 0.05) is 48.4 Å². The molecule has 0 aliphatic rings. The van der Waals surface area contributed by atoms with Gasteiger partial charge in [-0.15, -0.1) is 11.3 Å². The topological polar surface area (TPSA) is 16.4 Å². The molecule has 0 amide bonds. The van der Waals surface area contributed by atoms with Crippen molar-refractivity contribution in [2.75, 3.05) is 4.90 Å². The van der Waals surface area contributed by atoms with Gasteiger partial charge in [-0.3, -0.25) is 0 Å². The number of rotatable bonds is 4. The van der Waals surface area contributed by atoms with E-state index in [0.717, 1.165) is 39.0 Å². The van der Waals surface area contributed by atoms with Gasteiger partial charge in [-0.1, -0.05) is 103 Å². The summed E-state index contributed by atoms with van der Waals surface area (Å²) < 4.78 is 8.98. The van der Waals surface area contributed by atoms with Gasteiger partial charge in [-0.25, -0.2) is 0 Å². The van der Waals surface area contributed by atoms with Gasteiger partial charge in [-0.05, 0) is 64.4 Å². The molecule has 0 bridgehead atoms. The van der Waals surface area contributed by atoms with Crippen LogP contribution in [0, 0.1) is 0 Å². The zero-order valence-electron chi connectivity index (χ0n) is 23.2. The molecular formula is C40H25NOS. The second kappa shape index (κ2) is 9.59. The average Bonchev–Trinajstić information content (AvgIpc) is 3.64. The van der Waals surface area contributed by atoms with Crippen molar-refractivity contribution in [3.05, 3.63) is 152 Å². The predicted molar refractivity (Wildman–Crippen MR) is 184 cm³/mol.